The number of pyridine rings is 1. The van der Waals surface area contributed by atoms with E-state index >= 15 is 0 Å². The average molecular weight is 272 g/mol. The van der Waals surface area contributed by atoms with Crippen molar-refractivity contribution in [1.29, 1.82) is 0 Å². The molecule has 0 aliphatic carbocycles. The van der Waals surface area contributed by atoms with Crippen molar-refractivity contribution in [2.24, 2.45) is 0 Å². The van der Waals surface area contributed by atoms with Gasteiger partial charge in [0.1, 0.15) is 0 Å². The molecule has 1 rings (SSSR count). The number of ether oxygens (including phenoxy) is 1. The van der Waals surface area contributed by atoms with Crippen LogP contribution in [0.15, 0.2) is 24.5 Å². The van der Waals surface area contributed by atoms with Crippen molar-refractivity contribution >= 4 is 9.84 Å². The van der Waals surface area contributed by atoms with Gasteiger partial charge in [-0.1, -0.05) is 6.07 Å². The monoisotopic (exact) mass is 272 g/mol. The second-order valence-corrected chi connectivity index (χ2v) is 6.34. The summed E-state index contributed by atoms with van der Waals surface area (Å²) in [4.78, 5) is 3.99. The van der Waals surface area contributed by atoms with Crippen molar-refractivity contribution in [3.05, 3.63) is 30.1 Å². The fourth-order valence-electron chi connectivity index (χ4n) is 1.49. The summed E-state index contributed by atoms with van der Waals surface area (Å²) in [6.45, 7) is 1.59. The average Bonchev–Trinajstić information content (AvgIpc) is 2.36. The number of rotatable bonds is 9. The summed E-state index contributed by atoms with van der Waals surface area (Å²) in [7, 11) is -1.39. The quantitative estimate of drug-likeness (QED) is 0.668. The van der Waals surface area contributed by atoms with Crippen LogP contribution < -0.4 is 5.32 Å². The van der Waals surface area contributed by atoms with Gasteiger partial charge in [-0.3, -0.25) is 4.98 Å². The molecule has 1 N–H and O–H groups in total. The predicted molar refractivity (Wildman–Crippen MR) is 71.1 cm³/mol. The molecule has 1 heterocycles. The van der Waals surface area contributed by atoms with E-state index in [1.54, 1.807) is 19.5 Å². The van der Waals surface area contributed by atoms with Crippen LogP contribution in [0.2, 0.25) is 0 Å². The molecule has 6 heteroatoms. The Hall–Kier alpha value is -0.980. The van der Waals surface area contributed by atoms with Crippen molar-refractivity contribution in [3.8, 4) is 0 Å². The van der Waals surface area contributed by atoms with Gasteiger partial charge in [-0.15, -0.1) is 0 Å². The van der Waals surface area contributed by atoms with Crippen LogP contribution in [0, 0.1) is 0 Å². The van der Waals surface area contributed by atoms with Crippen molar-refractivity contribution in [2.45, 2.75) is 13.0 Å². The molecule has 0 aliphatic heterocycles. The predicted octanol–water partition coefficient (Wildman–Crippen LogP) is 0.622. The van der Waals surface area contributed by atoms with Gasteiger partial charge in [-0.2, -0.15) is 0 Å². The molecule has 1 aromatic rings. The molecule has 0 aromatic carbocycles. The number of nitrogens with zero attached hydrogens (tertiary/aromatic N) is 1. The lowest BCUT2D eigenvalue weighted by Crippen LogP contribution is -2.24. The molecule has 5 nitrogen and oxygen atoms in total. The summed E-state index contributed by atoms with van der Waals surface area (Å²) in [5, 5.41) is 3.10. The largest absolute Gasteiger partial charge is 0.385 e. The van der Waals surface area contributed by atoms with Crippen LogP contribution in [0.4, 0.5) is 0 Å². The lowest BCUT2D eigenvalue weighted by molar-refractivity contribution is 0.199. The van der Waals surface area contributed by atoms with E-state index in [0.717, 1.165) is 5.56 Å². The normalized spacial score (nSPS) is 11.6. The molecule has 0 bridgehead atoms. The molecule has 0 unspecified atom stereocenters. The van der Waals surface area contributed by atoms with Crippen LogP contribution >= 0.6 is 0 Å². The Labute approximate surface area is 108 Å². The maximum atomic E-state index is 11.6. The number of methoxy groups -OCH3 is 1. The van der Waals surface area contributed by atoms with Crippen LogP contribution in [-0.4, -0.2) is 45.2 Å². The Morgan fingerprint density at radius 3 is 2.89 bits per heavy atom. The second kappa shape index (κ2) is 8.18. The molecule has 0 fully saturated rings. The third-order valence-corrected chi connectivity index (χ3v) is 4.18. The molecule has 102 valence electrons. The van der Waals surface area contributed by atoms with E-state index in [9.17, 15) is 8.42 Å². The molecular weight excluding hydrogens is 252 g/mol. The van der Waals surface area contributed by atoms with Crippen LogP contribution in [0.3, 0.4) is 0 Å². The third kappa shape index (κ3) is 6.68. The summed E-state index contributed by atoms with van der Waals surface area (Å²) in [6, 6.07) is 3.81. The summed E-state index contributed by atoms with van der Waals surface area (Å²) in [6.07, 6.45) is 4.03. The van der Waals surface area contributed by atoms with E-state index in [2.05, 4.69) is 10.3 Å². The highest BCUT2D eigenvalue weighted by molar-refractivity contribution is 7.91. The molecule has 0 atom stereocenters. The molecule has 18 heavy (non-hydrogen) atoms. The zero-order valence-corrected chi connectivity index (χ0v) is 11.4. The van der Waals surface area contributed by atoms with E-state index in [-0.39, 0.29) is 11.5 Å². The van der Waals surface area contributed by atoms with E-state index < -0.39 is 9.84 Å². The Bertz CT molecular complexity index is 420. The highest BCUT2D eigenvalue weighted by atomic mass is 32.2. The van der Waals surface area contributed by atoms with Gasteiger partial charge in [-0.05, 0) is 18.1 Å². The lowest BCUT2D eigenvalue weighted by Gasteiger charge is -2.06. The van der Waals surface area contributed by atoms with Gasteiger partial charge >= 0.3 is 0 Å². The summed E-state index contributed by atoms with van der Waals surface area (Å²) < 4.78 is 28.1. The maximum Gasteiger partial charge on any atom is 0.151 e. The minimum absolute atomic E-state index is 0.164. The van der Waals surface area contributed by atoms with E-state index in [4.69, 9.17) is 4.74 Å². The van der Waals surface area contributed by atoms with Gasteiger partial charge in [0, 0.05) is 39.2 Å². The third-order valence-electron chi connectivity index (χ3n) is 2.45. The molecule has 0 spiro atoms. The number of hydrogen-bond acceptors (Lipinski definition) is 5. The van der Waals surface area contributed by atoms with Gasteiger partial charge in [0.15, 0.2) is 9.84 Å². The number of hydrogen-bond donors (Lipinski definition) is 1. The Kier molecular flexibility index (Phi) is 6.85. The van der Waals surface area contributed by atoms with E-state index in [1.165, 1.54) is 0 Å². The zero-order chi connectivity index (χ0) is 13.3. The standard InChI is InChI=1S/C12H20N2O3S/c1-17-7-3-8-18(15,16)9-6-14-11-12-4-2-5-13-10-12/h2,4-5,10,14H,3,6-9,11H2,1H3. The van der Waals surface area contributed by atoms with Crippen LogP contribution in [0.1, 0.15) is 12.0 Å². The number of sulfone groups is 1. The van der Waals surface area contributed by atoms with E-state index in [1.807, 2.05) is 12.1 Å². The van der Waals surface area contributed by atoms with E-state index in [0.29, 0.717) is 26.1 Å². The minimum Gasteiger partial charge on any atom is -0.385 e. The summed E-state index contributed by atoms with van der Waals surface area (Å²) in [5.74, 6) is 0.354. The summed E-state index contributed by atoms with van der Waals surface area (Å²) in [5.41, 5.74) is 1.05. The van der Waals surface area contributed by atoms with Crippen molar-refractivity contribution < 1.29 is 13.2 Å². The Morgan fingerprint density at radius 2 is 2.22 bits per heavy atom. The molecule has 0 amide bonds. The van der Waals surface area contributed by atoms with Crippen molar-refractivity contribution in [2.75, 3.05) is 31.8 Å². The first-order chi connectivity index (χ1) is 8.64. The van der Waals surface area contributed by atoms with Crippen LogP contribution in [0.25, 0.3) is 0 Å². The van der Waals surface area contributed by atoms with Gasteiger partial charge in [0.2, 0.25) is 0 Å². The molecule has 0 radical (unpaired) electrons. The lowest BCUT2D eigenvalue weighted by atomic mass is 10.3. The Morgan fingerprint density at radius 1 is 1.39 bits per heavy atom. The zero-order valence-electron chi connectivity index (χ0n) is 10.6. The highest BCUT2D eigenvalue weighted by Crippen LogP contribution is 1.96. The molecular formula is C12H20N2O3S. The van der Waals surface area contributed by atoms with Crippen molar-refractivity contribution in [1.82, 2.24) is 10.3 Å². The SMILES string of the molecule is COCCCS(=O)(=O)CCNCc1cccnc1. The highest BCUT2D eigenvalue weighted by Gasteiger charge is 2.09. The Balaban J connectivity index is 2.17. The summed E-state index contributed by atoms with van der Waals surface area (Å²) >= 11 is 0. The smallest absolute Gasteiger partial charge is 0.151 e. The molecule has 0 saturated carbocycles. The topological polar surface area (TPSA) is 68.3 Å². The number of nitrogens with one attached hydrogen (secondary N) is 1. The minimum atomic E-state index is -2.97. The fraction of sp³-hybridized carbons (Fsp3) is 0.583. The first kappa shape index (κ1) is 15.1. The van der Waals surface area contributed by atoms with Crippen LogP contribution in [0.5, 0.6) is 0 Å². The second-order valence-electron chi connectivity index (χ2n) is 4.04. The van der Waals surface area contributed by atoms with Gasteiger partial charge in [0.05, 0.1) is 11.5 Å². The van der Waals surface area contributed by atoms with Crippen molar-refractivity contribution in [3.63, 3.8) is 0 Å². The molecule has 1 aromatic heterocycles. The number of aromatic nitrogens is 1. The van der Waals surface area contributed by atoms with Crippen LogP contribution in [-0.2, 0) is 21.1 Å². The fourth-order valence-corrected chi connectivity index (χ4v) is 2.71. The molecule has 0 saturated heterocycles. The van der Waals surface area contributed by atoms with Gasteiger partial charge in [-0.25, -0.2) is 8.42 Å². The first-order valence-electron chi connectivity index (χ1n) is 5.93. The first-order valence-corrected chi connectivity index (χ1v) is 7.75. The molecule has 0 aliphatic rings. The maximum absolute atomic E-state index is 11.6. The van der Waals surface area contributed by atoms with Gasteiger partial charge < -0.3 is 10.1 Å². The van der Waals surface area contributed by atoms with Gasteiger partial charge in [0.25, 0.3) is 0 Å².